The Bertz CT molecular complexity index is 720. The highest BCUT2D eigenvalue weighted by Crippen LogP contribution is 2.49. The van der Waals surface area contributed by atoms with Crippen molar-refractivity contribution in [2.24, 2.45) is 5.41 Å². The summed E-state index contributed by atoms with van der Waals surface area (Å²) in [5.74, 6) is 0.374. The Labute approximate surface area is 138 Å². The van der Waals surface area contributed by atoms with Crippen molar-refractivity contribution in [2.45, 2.75) is 19.3 Å². The van der Waals surface area contributed by atoms with Gasteiger partial charge in [0.25, 0.3) is 0 Å². The molecular weight excluding hydrogens is 312 g/mol. The van der Waals surface area contributed by atoms with Gasteiger partial charge in [-0.2, -0.15) is 0 Å². The van der Waals surface area contributed by atoms with Crippen LogP contribution >= 0.6 is 11.3 Å². The first kappa shape index (κ1) is 14.8. The van der Waals surface area contributed by atoms with E-state index in [1.807, 2.05) is 6.07 Å². The zero-order valence-electron chi connectivity index (χ0n) is 12.9. The lowest BCUT2D eigenvalue weighted by Gasteiger charge is -2.37. The topological polar surface area (TPSA) is 69.6 Å². The van der Waals surface area contributed by atoms with Crippen molar-refractivity contribution in [3.05, 3.63) is 17.8 Å². The van der Waals surface area contributed by atoms with Gasteiger partial charge in [0.2, 0.25) is 0 Å². The largest absolute Gasteiger partial charge is 0.481 e. The predicted molar refractivity (Wildman–Crippen MR) is 90.0 cm³/mol. The minimum atomic E-state index is -0.665. The minimum absolute atomic E-state index is 0.0456. The van der Waals surface area contributed by atoms with Crippen LogP contribution in [0.25, 0.3) is 10.2 Å². The highest BCUT2D eigenvalue weighted by atomic mass is 32.1. The second-order valence-electron chi connectivity index (χ2n) is 6.67. The molecule has 1 saturated heterocycles. The summed E-state index contributed by atoms with van der Waals surface area (Å²) in [6.07, 6.45) is 4.07. The zero-order valence-corrected chi connectivity index (χ0v) is 13.8. The average molecular weight is 332 g/mol. The molecular formula is C16H20N4O2S. The van der Waals surface area contributed by atoms with Gasteiger partial charge < -0.3 is 10.0 Å². The molecule has 0 atom stereocenters. The molecule has 2 fully saturated rings. The Balaban J connectivity index is 1.40. The Hall–Kier alpha value is -1.73. The summed E-state index contributed by atoms with van der Waals surface area (Å²) in [6.45, 7) is 4.74. The molecule has 0 radical (unpaired) electrons. The molecule has 1 aliphatic carbocycles. The van der Waals surface area contributed by atoms with E-state index in [2.05, 4.69) is 25.1 Å². The molecule has 4 rings (SSSR count). The van der Waals surface area contributed by atoms with Crippen LogP contribution < -0.4 is 4.90 Å². The molecule has 0 amide bonds. The molecule has 2 aliphatic rings. The number of hydrogen-bond acceptors (Lipinski definition) is 6. The van der Waals surface area contributed by atoms with E-state index in [9.17, 15) is 4.79 Å². The smallest absolute Gasteiger partial charge is 0.303 e. The zero-order chi connectivity index (χ0) is 15.9. The van der Waals surface area contributed by atoms with Gasteiger partial charge in [0, 0.05) is 32.7 Å². The summed E-state index contributed by atoms with van der Waals surface area (Å²) in [5.41, 5.74) is 1.06. The van der Waals surface area contributed by atoms with Gasteiger partial charge in [0.05, 0.1) is 16.6 Å². The van der Waals surface area contributed by atoms with E-state index in [1.54, 1.807) is 17.7 Å². The number of hydrogen-bond donors (Lipinski definition) is 1. The normalized spacial score (nSPS) is 20.8. The second-order valence-corrected chi connectivity index (χ2v) is 7.58. The van der Waals surface area contributed by atoms with Crippen molar-refractivity contribution in [1.82, 2.24) is 14.9 Å². The molecule has 1 N–H and O–H groups in total. The number of aromatic nitrogens is 2. The molecule has 2 aromatic heterocycles. The first-order chi connectivity index (χ1) is 11.2. The van der Waals surface area contributed by atoms with Crippen molar-refractivity contribution < 1.29 is 9.90 Å². The maximum atomic E-state index is 11.0. The summed E-state index contributed by atoms with van der Waals surface area (Å²) in [7, 11) is 0. The van der Waals surface area contributed by atoms with Crippen molar-refractivity contribution in [2.75, 3.05) is 37.6 Å². The molecule has 2 aromatic rings. The van der Waals surface area contributed by atoms with Crippen LogP contribution in [0, 0.1) is 5.41 Å². The number of carboxylic acid groups (broad SMARTS) is 1. The van der Waals surface area contributed by atoms with Gasteiger partial charge in [-0.25, -0.2) is 9.97 Å². The fraction of sp³-hybridized carbons (Fsp3) is 0.562. The third-order valence-corrected chi connectivity index (χ3v) is 5.84. The van der Waals surface area contributed by atoms with E-state index in [0.717, 1.165) is 61.6 Å². The van der Waals surface area contributed by atoms with Crippen LogP contribution in [-0.4, -0.2) is 58.7 Å². The number of nitrogens with zero attached hydrogens (tertiary/aromatic N) is 4. The molecule has 0 unspecified atom stereocenters. The Morgan fingerprint density at radius 2 is 2.04 bits per heavy atom. The van der Waals surface area contributed by atoms with Crippen molar-refractivity contribution in [1.29, 1.82) is 0 Å². The lowest BCUT2D eigenvalue weighted by atomic mass is 10.0. The quantitative estimate of drug-likeness (QED) is 0.904. The van der Waals surface area contributed by atoms with Gasteiger partial charge >= 0.3 is 5.97 Å². The van der Waals surface area contributed by atoms with E-state index in [4.69, 9.17) is 5.11 Å². The lowest BCUT2D eigenvalue weighted by Crippen LogP contribution is -2.48. The summed E-state index contributed by atoms with van der Waals surface area (Å²) in [5, 5.41) is 11.1. The van der Waals surface area contributed by atoms with Crippen LogP contribution in [0.3, 0.4) is 0 Å². The maximum Gasteiger partial charge on any atom is 0.303 e. The summed E-state index contributed by atoms with van der Waals surface area (Å²) in [4.78, 5) is 24.5. The highest BCUT2D eigenvalue weighted by molar-refractivity contribution is 7.17. The lowest BCUT2D eigenvalue weighted by molar-refractivity contribution is -0.138. The summed E-state index contributed by atoms with van der Waals surface area (Å²) < 4.78 is 1.16. The Kier molecular flexibility index (Phi) is 3.69. The molecule has 122 valence electrons. The molecule has 0 bridgehead atoms. The monoisotopic (exact) mass is 332 g/mol. The molecule has 7 heteroatoms. The van der Waals surface area contributed by atoms with Gasteiger partial charge in [-0.1, -0.05) is 0 Å². The molecule has 6 nitrogen and oxygen atoms in total. The van der Waals surface area contributed by atoms with E-state index in [1.165, 1.54) is 0 Å². The number of thiophene rings is 1. The molecule has 0 aromatic carbocycles. The molecule has 1 saturated carbocycles. The highest BCUT2D eigenvalue weighted by Gasteiger charge is 2.45. The number of carboxylic acids is 1. The van der Waals surface area contributed by atoms with Crippen LogP contribution in [0.4, 0.5) is 5.82 Å². The molecule has 1 aliphatic heterocycles. The van der Waals surface area contributed by atoms with Crippen LogP contribution in [-0.2, 0) is 4.79 Å². The number of rotatable bonds is 5. The van der Waals surface area contributed by atoms with E-state index in [0.29, 0.717) is 6.42 Å². The Morgan fingerprint density at radius 1 is 1.26 bits per heavy atom. The van der Waals surface area contributed by atoms with Crippen LogP contribution in [0.15, 0.2) is 17.8 Å². The van der Waals surface area contributed by atoms with Crippen molar-refractivity contribution in [3.8, 4) is 0 Å². The number of fused-ring (bicyclic) bond motifs is 1. The van der Waals surface area contributed by atoms with Crippen molar-refractivity contribution >= 4 is 33.3 Å². The molecule has 23 heavy (non-hydrogen) atoms. The number of piperazine rings is 1. The predicted octanol–water partition coefficient (Wildman–Crippen LogP) is 2.07. The van der Waals surface area contributed by atoms with Gasteiger partial charge in [-0.15, -0.1) is 11.3 Å². The van der Waals surface area contributed by atoms with Gasteiger partial charge in [0.15, 0.2) is 0 Å². The Morgan fingerprint density at radius 3 is 2.74 bits per heavy atom. The van der Waals surface area contributed by atoms with Crippen LogP contribution in [0.2, 0.25) is 0 Å². The van der Waals surface area contributed by atoms with Crippen LogP contribution in [0.5, 0.6) is 0 Å². The first-order valence-electron chi connectivity index (χ1n) is 8.03. The van der Waals surface area contributed by atoms with Crippen molar-refractivity contribution in [3.63, 3.8) is 0 Å². The second kappa shape index (κ2) is 5.72. The van der Waals surface area contributed by atoms with Crippen LogP contribution in [0.1, 0.15) is 19.3 Å². The minimum Gasteiger partial charge on any atom is -0.481 e. The third kappa shape index (κ3) is 3.03. The third-order valence-electron chi connectivity index (χ3n) is 4.94. The average Bonchev–Trinajstić information content (AvgIpc) is 3.10. The first-order valence-corrected chi connectivity index (χ1v) is 8.91. The number of aliphatic carboxylic acids is 1. The fourth-order valence-electron chi connectivity index (χ4n) is 3.48. The van der Waals surface area contributed by atoms with E-state index < -0.39 is 5.97 Å². The SMILES string of the molecule is O=C(O)CC1(CN2CCN(c3ncnc4ccsc34)CC2)CC1. The summed E-state index contributed by atoms with van der Waals surface area (Å²) >= 11 is 1.69. The van der Waals surface area contributed by atoms with E-state index >= 15 is 0 Å². The molecule has 0 spiro atoms. The standard InChI is InChI=1S/C16H20N4O2S/c21-13(22)9-16(2-3-16)10-19-4-6-20(7-5-19)15-14-12(1-8-23-14)17-11-18-15/h1,8,11H,2-7,9-10H2,(H,21,22). The van der Waals surface area contributed by atoms with E-state index in [-0.39, 0.29) is 5.41 Å². The fourth-order valence-corrected chi connectivity index (χ4v) is 4.34. The van der Waals surface area contributed by atoms with Gasteiger partial charge in [-0.05, 0) is 29.7 Å². The van der Waals surface area contributed by atoms with Gasteiger partial charge in [-0.3, -0.25) is 9.69 Å². The number of anilines is 1. The molecule has 3 heterocycles. The maximum absolute atomic E-state index is 11.0. The summed E-state index contributed by atoms with van der Waals surface area (Å²) in [6, 6.07) is 2.03. The van der Waals surface area contributed by atoms with Gasteiger partial charge in [0.1, 0.15) is 12.1 Å². The number of carbonyl (C=O) groups is 1.